The first kappa shape index (κ1) is 16.6. The minimum absolute atomic E-state index is 0.267. The highest BCUT2D eigenvalue weighted by Crippen LogP contribution is 2.37. The van der Waals surface area contributed by atoms with Crippen LogP contribution in [0.4, 0.5) is 0 Å². The van der Waals surface area contributed by atoms with E-state index in [1.807, 2.05) is 19.2 Å². The molecular weight excluding hydrogens is 334 g/mol. The first-order valence-corrected chi connectivity index (χ1v) is 8.19. The van der Waals surface area contributed by atoms with Gasteiger partial charge in [-0.25, -0.2) is 0 Å². The Kier molecular flexibility index (Phi) is 6.33. The fourth-order valence-corrected chi connectivity index (χ4v) is 3.42. The van der Waals surface area contributed by atoms with Crippen LogP contribution < -0.4 is 14.8 Å². The molecule has 2 unspecified atom stereocenters. The summed E-state index contributed by atoms with van der Waals surface area (Å²) in [5, 5.41) is 3.39. The minimum atomic E-state index is 0.267. The van der Waals surface area contributed by atoms with Gasteiger partial charge in [0.05, 0.1) is 20.3 Å². The molecule has 1 N–H and O–H groups in total. The van der Waals surface area contributed by atoms with E-state index >= 15 is 0 Å². The van der Waals surface area contributed by atoms with Crippen molar-refractivity contribution in [3.8, 4) is 11.5 Å². The Hall–Kier alpha value is -0.780. The number of rotatable bonds is 7. The van der Waals surface area contributed by atoms with E-state index in [9.17, 15) is 0 Å². The van der Waals surface area contributed by atoms with Gasteiger partial charge >= 0.3 is 0 Å². The Labute approximate surface area is 135 Å². The Morgan fingerprint density at radius 2 is 2.05 bits per heavy atom. The van der Waals surface area contributed by atoms with Crippen LogP contribution in [0.3, 0.4) is 0 Å². The molecule has 0 spiro atoms. The molecule has 1 aliphatic heterocycles. The zero-order valence-electron chi connectivity index (χ0n) is 12.9. The average molecular weight is 358 g/mol. The molecule has 2 atom stereocenters. The van der Waals surface area contributed by atoms with Gasteiger partial charge in [0.15, 0.2) is 11.5 Å². The smallest absolute Gasteiger partial charge is 0.161 e. The van der Waals surface area contributed by atoms with Crippen LogP contribution in [0.15, 0.2) is 16.6 Å². The van der Waals surface area contributed by atoms with E-state index < -0.39 is 0 Å². The zero-order valence-corrected chi connectivity index (χ0v) is 14.5. The monoisotopic (exact) mass is 357 g/mol. The molecule has 0 aromatic heterocycles. The Bertz CT molecular complexity index is 461. The molecule has 1 heterocycles. The summed E-state index contributed by atoms with van der Waals surface area (Å²) in [5.74, 6) is 1.50. The molecule has 0 bridgehead atoms. The van der Waals surface area contributed by atoms with Crippen molar-refractivity contribution in [3.63, 3.8) is 0 Å². The van der Waals surface area contributed by atoms with Gasteiger partial charge in [0.25, 0.3) is 0 Å². The average Bonchev–Trinajstić information content (AvgIpc) is 3.02. The summed E-state index contributed by atoms with van der Waals surface area (Å²) in [7, 11) is 5.30. The molecule has 21 heavy (non-hydrogen) atoms. The quantitative estimate of drug-likeness (QED) is 0.807. The third-order valence-electron chi connectivity index (χ3n) is 4.03. The van der Waals surface area contributed by atoms with Crippen molar-refractivity contribution in [2.75, 3.05) is 27.9 Å². The maximum Gasteiger partial charge on any atom is 0.161 e. The molecule has 1 fully saturated rings. The molecule has 5 heteroatoms. The molecule has 1 aliphatic rings. The molecular formula is C16H24BrNO3. The van der Waals surface area contributed by atoms with Crippen molar-refractivity contribution in [1.29, 1.82) is 0 Å². The van der Waals surface area contributed by atoms with Crippen LogP contribution in [0.25, 0.3) is 0 Å². The van der Waals surface area contributed by atoms with E-state index in [2.05, 4.69) is 21.2 Å². The highest BCUT2D eigenvalue weighted by atomic mass is 79.9. The van der Waals surface area contributed by atoms with Crippen LogP contribution in [-0.2, 0) is 4.74 Å². The van der Waals surface area contributed by atoms with Crippen molar-refractivity contribution in [1.82, 2.24) is 5.32 Å². The Morgan fingerprint density at radius 1 is 1.33 bits per heavy atom. The van der Waals surface area contributed by atoms with Crippen molar-refractivity contribution in [2.45, 2.75) is 37.8 Å². The number of hydrogen-bond donors (Lipinski definition) is 1. The molecule has 0 aliphatic carbocycles. The standard InChI is InChI=1S/C16H24BrNO3/c1-18-14(7-6-11-5-4-8-21-11)12-9-15(19-2)16(20-3)10-13(12)17/h9-11,14,18H,4-8H2,1-3H3. The molecule has 2 rings (SSSR count). The molecule has 0 amide bonds. The van der Waals surface area contributed by atoms with E-state index in [-0.39, 0.29) is 6.04 Å². The number of nitrogens with one attached hydrogen (secondary N) is 1. The van der Waals surface area contributed by atoms with E-state index in [0.717, 1.165) is 35.4 Å². The van der Waals surface area contributed by atoms with E-state index in [1.54, 1.807) is 14.2 Å². The molecule has 1 aromatic rings. The third kappa shape index (κ3) is 4.11. The van der Waals surface area contributed by atoms with Gasteiger partial charge in [-0.2, -0.15) is 0 Å². The number of hydrogen-bond acceptors (Lipinski definition) is 4. The van der Waals surface area contributed by atoms with E-state index in [1.165, 1.54) is 18.4 Å². The molecule has 118 valence electrons. The van der Waals surface area contributed by atoms with Gasteiger partial charge in [0.1, 0.15) is 0 Å². The lowest BCUT2D eigenvalue weighted by atomic mass is 9.99. The van der Waals surface area contributed by atoms with Crippen molar-refractivity contribution >= 4 is 15.9 Å². The van der Waals surface area contributed by atoms with Crippen LogP contribution in [0.2, 0.25) is 0 Å². The van der Waals surface area contributed by atoms with Gasteiger partial charge in [-0.05, 0) is 50.4 Å². The summed E-state index contributed by atoms with van der Waals surface area (Å²) >= 11 is 3.64. The number of halogens is 1. The lowest BCUT2D eigenvalue weighted by Gasteiger charge is -2.21. The molecule has 1 saturated heterocycles. The minimum Gasteiger partial charge on any atom is -0.493 e. The Balaban J connectivity index is 2.12. The summed E-state index contributed by atoms with van der Waals surface area (Å²) < 4.78 is 17.5. The molecule has 1 aromatic carbocycles. The van der Waals surface area contributed by atoms with Crippen LogP contribution in [-0.4, -0.2) is 34.0 Å². The van der Waals surface area contributed by atoms with Gasteiger partial charge in [0, 0.05) is 17.1 Å². The second kappa shape index (κ2) is 8.01. The maximum atomic E-state index is 5.71. The number of ether oxygens (including phenoxy) is 3. The number of methoxy groups -OCH3 is 2. The second-order valence-electron chi connectivity index (χ2n) is 5.28. The first-order chi connectivity index (χ1) is 10.2. The first-order valence-electron chi connectivity index (χ1n) is 7.39. The summed E-state index contributed by atoms with van der Waals surface area (Å²) in [4.78, 5) is 0. The van der Waals surface area contributed by atoms with Crippen molar-refractivity contribution in [2.24, 2.45) is 0 Å². The van der Waals surface area contributed by atoms with Crippen LogP contribution in [0.1, 0.15) is 37.3 Å². The normalized spacial score (nSPS) is 19.5. The molecule has 0 radical (unpaired) electrons. The largest absolute Gasteiger partial charge is 0.493 e. The summed E-state index contributed by atoms with van der Waals surface area (Å²) in [6.07, 6.45) is 4.90. The lowest BCUT2D eigenvalue weighted by Crippen LogP contribution is -2.19. The number of benzene rings is 1. The highest BCUT2D eigenvalue weighted by molar-refractivity contribution is 9.10. The van der Waals surface area contributed by atoms with Gasteiger partial charge in [-0.3, -0.25) is 0 Å². The van der Waals surface area contributed by atoms with Gasteiger partial charge in [0.2, 0.25) is 0 Å². The zero-order chi connectivity index (χ0) is 15.2. The summed E-state index contributed by atoms with van der Waals surface area (Å²) in [5.41, 5.74) is 1.19. The SMILES string of the molecule is CNC(CCC1CCCO1)c1cc(OC)c(OC)cc1Br. The summed E-state index contributed by atoms with van der Waals surface area (Å²) in [6, 6.07) is 4.27. The van der Waals surface area contributed by atoms with E-state index in [0.29, 0.717) is 6.10 Å². The third-order valence-corrected chi connectivity index (χ3v) is 4.71. The lowest BCUT2D eigenvalue weighted by molar-refractivity contribution is 0.0998. The molecule has 0 saturated carbocycles. The van der Waals surface area contributed by atoms with Gasteiger partial charge in [-0.15, -0.1) is 0 Å². The van der Waals surface area contributed by atoms with Crippen molar-refractivity contribution < 1.29 is 14.2 Å². The molecule has 4 nitrogen and oxygen atoms in total. The maximum absolute atomic E-state index is 5.71. The van der Waals surface area contributed by atoms with Gasteiger partial charge < -0.3 is 19.5 Å². The van der Waals surface area contributed by atoms with Crippen LogP contribution in [0, 0.1) is 0 Å². The van der Waals surface area contributed by atoms with Crippen LogP contribution >= 0.6 is 15.9 Å². The summed E-state index contributed by atoms with van der Waals surface area (Å²) in [6.45, 7) is 0.912. The van der Waals surface area contributed by atoms with E-state index in [4.69, 9.17) is 14.2 Å². The fourth-order valence-electron chi connectivity index (χ4n) is 2.82. The highest BCUT2D eigenvalue weighted by Gasteiger charge is 2.21. The fraction of sp³-hybridized carbons (Fsp3) is 0.625. The van der Waals surface area contributed by atoms with Gasteiger partial charge in [-0.1, -0.05) is 15.9 Å². The predicted molar refractivity (Wildman–Crippen MR) is 87.3 cm³/mol. The topological polar surface area (TPSA) is 39.7 Å². The second-order valence-corrected chi connectivity index (χ2v) is 6.14. The van der Waals surface area contributed by atoms with Crippen molar-refractivity contribution in [3.05, 3.63) is 22.2 Å². The predicted octanol–water partition coefficient (Wildman–Crippen LogP) is 3.69. The Morgan fingerprint density at radius 3 is 2.62 bits per heavy atom. The van der Waals surface area contributed by atoms with Crippen LogP contribution in [0.5, 0.6) is 11.5 Å².